The highest BCUT2D eigenvalue weighted by atomic mass is 16.6. The molecular weight excluding hydrogens is 320 g/mol. The maximum atomic E-state index is 13.1. The number of cyclic esters (lactones) is 1. The number of carbonyl (C=O) groups is 1. The predicted octanol–water partition coefficient (Wildman–Crippen LogP) is 2.99. The van der Waals surface area contributed by atoms with Crippen LogP contribution in [0.3, 0.4) is 0 Å². The Morgan fingerprint density at radius 1 is 1.36 bits per heavy atom. The summed E-state index contributed by atoms with van der Waals surface area (Å²) in [7, 11) is 0. The first-order valence-electron chi connectivity index (χ1n) is 9.03. The van der Waals surface area contributed by atoms with Gasteiger partial charge in [-0.3, -0.25) is 4.79 Å². The van der Waals surface area contributed by atoms with Gasteiger partial charge < -0.3 is 19.4 Å². The van der Waals surface area contributed by atoms with E-state index in [1.165, 1.54) is 0 Å². The molecule has 3 aliphatic rings. The monoisotopic (exact) mass is 346 g/mol. The zero-order chi connectivity index (χ0) is 18.0. The molecule has 1 spiro atoms. The number of esters is 1. The van der Waals surface area contributed by atoms with E-state index in [-0.39, 0.29) is 24.6 Å². The Hall–Kier alpha value is -1.59. The van der Waals surface area contributed by atoms with Gasteiger partial charge in [-0.2, -0.15) is 0 Å². The van der Waals surface area contributed by atoms with Crippen molar-refractivity contribution < 1.29 is 24.2 Å². The minimum Gasteiger partial charge on any atom is -0.472 e. The van der Waals surface area contributed by atoms with Crippen LogP contribution in [0, 0.1) is 22.2 Å². The average molecular weight is 346 g/mol. The molecule has 0 radical (unpaired) electrons. The second kappa shape index (κ2) is 5.21. The topological polar surface area (TPSA) is 79.9 Å². The molecule has 6 atom stereocenters. The van der Waals surface area contributed by atoms with Gasteiger partial charge in [0.15, 0.2) is 0 Å². The zero-order valence-electron chi connectivity index (χ0n) is 15.0. The van der Waals surface area contributed by atoms with E-state index in [0.29, 0.717) is 19.3 Å². The number of aliphatic hydroxyl groups is 2. The molecule has 1 aromatic heterocycles. The van der Waals surface area contributed by atoms with Crippen LogP contribution in [0.4, 0.5) is 0 Å². The molecule has 136 valence electrons. The molecule has 1 aliphatic heterocycles. The third-order valence-electron chi connectivity index (χ3n) is 7.52. The first kappa shape index (κ1) is 16.9. The largest absolute Gasteiger partial charge is 0.472 e. The van der Waals surface area contributed by atoms with Crippen molar-refractivity contribution in [3.8, 4) is 0 Å². The lowest BCUT2D eigenvalue weighted by Crippen LogP contribution is -2.57. The van der Waals surface area contributed by atoms with Crippen LogP contribution in [0.15, 0.2) is 34.7 Å². The maximum absolute atomic E-state index is 13.1. The van der Waals surface area contributed by atoms with Crippen LogP contribution < -0.4 is 0 Å². The molecule has 0 amide bonds. The number of aliphatic hydroxyl groups excluding tert-OH is 2. The Labute approximate surface area is 147 Å². The summed E-state index contributed by atoms with van der Waals surface area (Å²) in [5.41, 5.74) is -0.00261. The fourth-order valence-electron chi connectivity index (χ4n) is 5.49. The average Bonchev–Trinajstić information content (AvgIpc) is 3.27. The van der Waals surface area contributed by atoms with Crippen LogP contribution in [0.1, 0.15) is 51.7 Å². The highest BCUT2D eigenvalue weighted by molar-refractivity contribution is 5.84. The van der Waals surface area contributed by atoms with Gasteiger partial charge in [0, 0.05) is 29.4 Å². The maximum Gasteiger partial charge on any atom is 0.317 e. The van der Waals surface area contributed by atoms with Crippen molar-refractivity contribution in [1.29, 1.82) is 0 Å². The number of hydrogen-bond acceptors (Lipinski definition) is 5. The quantitative estimate of drug-likeness (QED) is 0.636. The van der Waals surface area contributed by atoms with Gasteiger partial charge >= 0.3 is 5.97 Å². The van der Waals surface area contributed by atoms with Crippen molar-refractivity contribution in [2.45, 2.75) is 52.2 Å². The summed E-state index contributed by atoms with van der Waals surface area (Å²) in [4.78, 5) is 13.1. The molecule has 6 unspecified atom stereocenters. The number of allylic oxidation sites excluding steroid dienone is 1. The van der Waals surface area contributed by atoms with E-state index in [1.54, 1.807) is 12.5 Å². The lowest BCUT2D eigenvalue weighted by atomic mass is 9.48. The molecule has 0 bridgehead atoms. The second-order valence-electron chi connectivity index (χ2n) is 8.52. The van der Waals surface area contributed by atoms with E-state index in [9.17, 15) is 15.0 Å². The fraction of sp³-hybridized carbons (Fsp3) is 0.650. The van der Waals surface area contributed by atoms with E-state index in [4.69, 9.17) is 9.15 Å². The zero-order valence-corrected chi connectivity index (χ0v) is 15.0. The van der Waals surface area contributed by atoms with Crippen molar-refractivity contribution in [3.05, 3.63) is 35.8 Å². The second-order valence-corrected chi connectivity index (χ2v) is 8.52. The lowest BCUT2D eigenvalue weighted by Gasteiger charge is -2.55. The van der Waals surface area contributed by atoms with Gasteiger partial charge in [0.2, 0.25) is 0 Å². The lowest BCUT2D eigenvalue weighted by molar-refractivity contribution is -0.156. The molecule has 2 N–H and O–H groups in total. The van der Waals surface area contributed by atoms with Crippen molar-refractivity contribution in [1.82, 2.24) is 0 Å². The molecule has 2 fully saturated rings. The van der Waals surface area contributed by atoms with Crippen molar-refractivity contribution in [2.24, 2.45) is 22.2 Å². The fourth-order valence-corrected chi connectivity index (χ4v) is 5.49. The molecule has 5 nitrogen and oxygen atoms in total. The number of hydrogen-bond donors (Lipinski definition) is 2. The summed E-state index contributed by atoms with van der Waals surface area (Å²) in [5.74, 6) is -0.231. The Kier molecular flexibility index (Phi) is 3.51. The van der Waals surface area contributed by atoms with Crippen LogP contribution in [0.2, 0.25) is 0 Å². The highest BCUT2D eigenvalue weighted by Gasteiger charge is 2.68. The molecule has 2 heterocycles. The third kappa shape index (κ3) is 1.88. The first-order valence-corrected chi connectivity index (χ1v) is 9.03. The number of fused-ring (bicyclic) bond motifs is 2. The van der Waals surface area contributed by atoms with Crippen LogP contribution in [-0.2, 0) is 9.53 Å². The van der Waals surface area contributed by atoms with E-state index < -0.39 is 22.3 Å². The molecular formula is C20H26O5. The summed E-state index contributed by atoms with van der Waals surface area (Å²) in [5, 5.41) is 21.0. The molecule has 4 rings (SSSR count). The summed E-state index contributed by atoms with van der Waals surface area (Å²) >= 11 is 0. The molecule has 2 aliphatic carbocycles. The SMILES string of the molecule is CC1CC(O)C2(C)C(=CCC2(C)CO)C12CC(c1ccoc1)OC2=O. The minimum atomic E-state index is -0.733. The number of rotatable bonds is 2. The summed E-state index contributed by atoms with van der Waals surface area (Å²) in [6.45, 7) is 6.00. The van der Waals surface area contributed by atoms with Crippen LogP contribution in [0.25, 0.3) is 0 Å². The molecule has 5 heteroatoms. The molecule has 1 saturated heterocycles. The van der Waals surface area contributed by atoms with Crippen molar-refractivity contribution in [3.63, 3.8) is 0 Å². The highest BCUT2D eigenvalue weighted by Crippen LogP contribution is 2.68. The normalized spacial score (nSPS) is 46.2. The van der Waals surface area contributed by atoms with Gasteiger partial charge in [-0.15, -0.1) is 0 Å². The van der Waals surface area contributed by atoms with Crippen LogP contribution >= 0.6 is 0 Å². The number of furan rings is 1. The minimum absolute atomic E-state index is 0.0210. The van der Waals surface area contributed by atoms with Gasteiger partial charge in [0.1, 0.15) is 6.10 Å². The third-order valence-corrected chi connectivity index (χ3v) is 7.52. The molecule has 0 aromatic carbocycles. The standard InChI is InChI=1S/C20H26O5/c1-12-8-16(22)19(3)15(4-6-18(19,2)11-21)20(12)9-14(25-17(20)23)13-5-7-24-10-13/h4-5,7,10,12,14,16,21-22H,6,8-9,11H2,1-3H3. The summed E-state index contributed by atoms with van der Waals surface area (Å²) in [6.07, 6.45) is 6.12. The van der Waals surface area contributed by atoms with Crippen LogP contribution in [-0.4, -0.2) is 28.9 Å². The van der Waals surface area contributed by atoms with Gasteiger partial charge in [0.25, 0.3) is 0 Å². The van der Waals surface area contributed by atoms with E-state index in [0.717, 1.165) is 11.1 Å². The van der Waals surface area contributed by atoms with E-state index in [2.05, 4.69) is 6.08 Å². The smallest absolute Gasteiger partial charge is 0.317 e. The van der Waals surface area contributed by atoms with Crippen molar-refractivity contribution in [2.75, 3.05) is 6.61 Å². The molecule has 25 heavy (non-hydrogen) atoms. The Morgan fingerprint density at radius 2 is 2.12 bits per heavy atom. The first-order chi connectivity index (χ1) is 11.8. The molecule has 1 aromatic rings. The number of ether oxygens (including phenoxy) is 1. The van der Waals surface area contributed by atoms with Crippen LogP contribution in [0.5, 0.6) is 0 Å². The Morgan fingerprint density at radius 3 is 2.76 bits per heavy atom. The molecule has 1 saturated carbocycles. The summed E-state index contributed by atoms with van der Waals surface area (Å²) < 4.78 is 10.9. The Balaban J connectivity index is 1.81. The van der Waals surface area contributed by atoms with Gasteiger partial charge in [-0.1, -0.05) is 26.8 Å². The number of carbonyl (C=O) groups excluding carboxylic acids is 1. The van der Waals surface area contributed by atoms with E-state index >= 15 is 0 Å². The summed E-state index contributed by atoms with van der Waals surface area (Å²) in [6, 6.07) is 1.83. The van der Waals surface area contributed by atoms with Gasteiger partial charge in [0.05, 0.1) is 24.0 Å². The Bertz CT molecular complexity index is 722. The van der Waals surface area contributed by atoms with E-state index in [1.807, 2.05) is 26.8 Å². The predicted molar refractivity (Wildman–Crippen MR) is 90.4 cm³/mol. The van der Waals surface area contributed by atoms with Gasteiger partial charge in [-0.05, 0) is 30.4 Å². The van der Waals surface area contributed by atoms with Gasteiger partial charge in [-0.25, -0.2) is 0 Å². The van der Waals surface area contributed by atoms with Crippen molar-refractivity contribution >= 4 is 5.97 Å².